The molecule has 2 fully saturated rings. The van der Waals surface area contributed by atoms with Crippen molar-refractivity contribution in [1.29, 1.82) is 0 Å². The smallest absolute Gasteiger partial charge is 0.308 e. The lowest BCUT2D eigenvalue weighted by molar-refractivity contribution is -0.148. The van der Waals surface area contributed by atoms with Crippen LogP contribution >= 0.6 is 0 Å². The van der Waals surface area contributed by atoms with E-state index in [4.69, 9.17) is 10.2 Å². The third-order valence-electron chi connectivity index (χ3n) is 4.80. The van der Waals surface area contributed by atoms with E-state index in [1.165, 1.54) is 9.80 Å². The van der Waals surface area contributed by atoms with Crippen LogP contribution in [0.25, 0.3) is 0 Å². The number of piperidine rings is 2. The largest absolute Gasteiger partial charge is 0.481 e. The van der Waals surface area contributed by atoms with Crippen LogP contribution in [0.4, 0.5) is 0 Å². The SMILES string of the molecule is O=C(O)C1CCCN(C(=O)CCC(=O)N2CCCC(C(=O)O)C2)C1. The van der Waals surface area contributed by atoms with Crippen molar-refractivity contribution in [2.24, 2.45) is 11.8 Å². The molecule has 2 heterocycles. The Kier molecular flexibility index (Phi) is 6.16. The summed E-state index contributed by atoms with van der Waals surface area (Å²) in [5.41, 5.74) is 0. The molecule has 0 aromatic rings. The van der Waals surface area contributed by atoms with Gasteiger partial charge in [0.05, 0.1) is 11.8 Å². The first kappa shape index (κ1) is 18.2. The second kappa shape index (κ2) is 8.12. The fraction of sp³-hybridized carbons (Fsp3) is 0.750. The van der Waals surface area contributed by atoms with E-state index < -0.39 is 23.8 Å². The quantitative estimate of drug-likeness (QED) is 0.749. The van der Waals surface area contributed by atoms with E-state index in [1.807, 2.05) is 0 Å². The van der Waals surface area contributed by atoms with Gasteiger partial charge in [0.1, 0.15) is 0 Å². The average Bonchev–Trinajstić information content (AvgIpc) is 2.59. The van der Waals surface area contributed by atoms with E-state index in [0.29, 0.717) is 38.8 Å². The molecule has 0 saturated carbocycles. The molecule has 8 nitrogen and oxygen atoms in total. The van der Waals surface area contributed by atoms with Crippen LogP contribution in [-0.4, -0.2) is 69.9 Å². The Hall–Kier alpha value is -2.12. The maximum absolute atomic E-state index is 12.2. The van der Waals surface area contributed by atoms with Crippen molar-refractivity contribution in [1.82, 2.24) is 9.80 Å². The lowest BCUT2D eigenvalue weighted by atomic mass is 9.97. The summed E-state index contributed by atoms with van der Waals surface area (Å²) in [7, 11) is 0. The van der Waals surface area contributed by atoms with Crippen LogP contribution in [0.15, 0.2) is 0 Å². The zero-order valence-electron chi connectivity index (χ0n) is 13.6. The molecule has 134 valence electrons. The van der Waals surface area contributed by atoms with Crippen LogP contribution in [0.2, 0.25) is 0 Å². The van der Waals surface area contributed by atoms with Gasteiger partial charge >= 0.3 is 11.9 Å². The molecule has 24 heavy (non-hydrogen) atoms. The van der Waals surface area contributed by atoms with Crippen molar-refractivity contribution in [2.45, 2.75) is 38.5 Å². The Morgan fingerprint density at radius 3 is 1.46 bits per heavy atom. The van der Waals surface area contributed by atoms with Gasteiger partial charge in [-0.3, -0.25) is 19.2 Å². The Balaban J connectivity index is 1.79. The first-order valence-electron chi connectivity index (χ1n) is 8.39. The Bertz CT molecular complexity index is 475. The third-order valence-corrected chi connectivity index (χ3v) is 4.80. The third kappa shape index (κ3) is 4.69. The van der Waals surface area contributed by atoms with Gasteiger partial charge in [-0.15, -0.1) is 0 Å². The topological polar surface area (TPSA) is 115 Å². The predicted molar refractivity (Wildman–Crippen MR) is 83.1 cm³/mol. The molecular formula is C16H24N2O6. The van der Waals surface area contributed by atoms with Crippen molar-refractivity contribution in [2.75, 3.05) is 26.2 Å². The Morgan fingerprint density at radius 1 is 0.750 bits per heavy atom. The zero-order chi connectivity index (χ0) is 17.7. The molecule has 2 saturated heterocycles. The van der Waals surface area contributed by atoms with Gasteiger partial charge in [-0.2, -0.15) is 0 Å². The molecule has 2 amide bonds. The van der Waals surface area contributed by atoms with E-state index in [2.05, 4.69) is 0 Å². The van der Waals surface area contributed by atoms with E-state index in [0.717, 1.165) is 0 Å². The lowest BCUT2D eigenvalue weighted by Gasteiger charge is -2.32. The van der Waals surface area contributed by atoms with Crippen LogP contribution < -0.4 is 0 Å². The van der Waals surface area contributed by atoms with Gasteiger partial charge in [-0.1, -0.05) is 0 Å². The normalized spacial score (nSPS) is 24.5. The number of amides is 2. The van der Waals surface area contributed by atoms with Crippen molar-refractivity contribution in [3.63, 3.8) is 0 Å². The van der Waals surface area contributed by atoms with Crippen LogP contribution in [0.1, 0.15) is 38.5 Å². The van der Waals surface area contributed by atoms with Gasteiger partial charge < -0.3 is 20.0 Å². The monoisotopic (exact) mass is 340 g/mol. The Morgan fingerprint density at radius 2 is 1.12 bits per heavy atom. The van der Waals surface area contributed by atoms with Gasteiger partial charge in [-0.05, 0) is 25.7 Å². The molecule has 2 N–H and O–H groups in total. The van der Waals surface area contributed by atoms with Crippen molar-refractivity contribution >= 4 is 23.8 Å². The minimum atomic E-state index is -0.892. The molecule has 0 radical (unpaired) electrons. The van der Waals surface area contributed by atoms with Gasteiger partial charge in [0, 0.05) is 39.0 Å². The molecule has 0 aromatic heterocycles. The molecular weight excluding hydrogens is 316 g/mol. The number of carboxylic acid groups (broad SMARTS) is 2. The summed E-state index contributed by atoms with van der Waals surface area (Å²) in [4.78, 5) is 49.5. The molecule has 0 spiro atoms. The number of likely N-dealkylation sites (tertiary alicyclic amines) is 2. The lowest BCUT2D eigenvalue weighted by Crippen LogP contribution is -2.44. The number of carboxylic acids is 2. The summed E-state index contributed by atoms with van der Waals surface area (Å²) >= 11 is 0. The molecule has 8 heteroatoms. The summed E-state index contributed by atoms with van der Waals surface area (Å²) in [6.07, 6.45) is 2.54. The van der Waals surface area contributed by atoms with Crippen molar-refractivity contribution in [3.8, 4) is 0 Å². The molecule has 2 rings (SSSR count). The summed E-state index contributed by atoms with van der Waals surface area (Å²) in [5, 5.41) is 18.1. The van der Waals surface area contributed by atoms with E-state index in [1.54, 1.807) is 0 Å². The number of nitrogens with zero attached hydrogens (tertiary/aromatic N) is 2. The number of aliphatic carboxylic acids is 2. The van der Waals surface area contributed by atoms with Crippen molar-refractivity contribution in [3.05, 3.63) is 0 Å². The minimum Gasteiger partial charge on any atom is -0.481 e. The highest BCUT2D eigenvalue weighted by Gasteiger charge is 2.30. The first-order valence-corrected chi connectivity index (χ1v) is 8.39. The summed E-state index contributed by atoms with van der Waals surface area (Å²) in [6, 6.07) is 0. The summed E-state index contributed by atoms with van der Waals surface area (Å²) in [6.45, 7) is 1.46. The van der Waals surface area contributed by atoms with Gasteiger partial charge in [0.15, 0.2) is 0 Å². The average molecular weight is 340 g/mol. The van der Waals surface area contributed by atoms with E-state index >= 15 is 0 Å². The number of rotatable bonds is 5. The summed E-state index contributed by atoms with van der Waals surface area (Å²) < 4.78 is 0. The van der Waals surface area contributed by atoms with Gasteiger partial charge in [-0.25, -0.2) is 0 Å². The standard InChI is InChI=1S/C16H24N2O6/c19-13(17-7-1-3-11(9-17)15(21)22)5-6-14(20)18-8-2-4-12(10-18)16(23)24/h11-12H,1-10H2,(H,21,22)(H,23,24). The second-order valence-corrected chi connectivity index (χ2v) is 6.53. The first-order chi connectivity index (χ1) is 11.4. The number of hydrogen-bond donors (Lipinski definition) is 2. The van der Waals surface area contributed by atoms with Crippen LogP contribution in [0, 0.1) is 11.8 Å². The highest BCUT2D eigenvalue weighted by molar-refractivity contribution is 5.84. The maximum Gasteiger partial charge on any atom is 0.308 e. The predicted octanol–water partition coefficient (Wildman–Crippen LogP) is 0.413. The number of carbonyl (C=O) groups is 4. The molecule has 0 aromatic carbocycles. The number of hydrogen-bond acceptors (Lipinski definition) is 4. The van der Waals surface area contributed by atoms with Crippen LogP contribution in [0.5, 0.6) is 0 Å². The minimum absolute atomic E-state index is 0.0411. The fourth-order valence-corrected chi connectivity index (χ4v) is 3.34. The van der Waals surface area contributed by atoms with Gasteiger partial charge in [0.25, 0.3) is 0 Å². The zero-order valence-corrected chi connectivity index (χ0v) is 13.6. The maximum atomic E-state index is 12.2. The van der Waals surface area contributed by atoms with Crippen LogP contribution in [-0.2, 0) is 19.2 Å². The highest BCUT2D eigenvalue weighted by Crippen LogP contribution is 2.20. The molecule has 2 aliphatic rings. The van der Waals surface area contributed by atoms with Crippen LogP contribution in [0.3, 0.4) is 0 Å². The second-order valence-electron chi connectivity index (χ2n) is 6.53. The highest BCUT2D eigenvalue weighted by atomic mass is 16.4. The summed E-state index contributed by atoms with van der Waals surface area (Å²) in [5.74, 6) is -3.26. The molecule has 0 aliphatic carbocycles. The van der Waals surface area contributed by atoms with E-state index in [9.17, 15) is 19.2 Å². The Labute approximate surface area is 140 Å². The van der Waals surface area contributed by atoms with Crippen molar-refractivity contribution < 1.29 is 29.4 Å². The van der Waals surface area contributed by atoms with E-state index in [-0.39, 0.29) is 37.7 Å². The molecule has 0 bridgehead atoms. The van der Waals surface area contributed by atoms with Gasteiger partial charge in [0.2, 0.25) is 11.8 Å². The molecule has 2 atom stereocenters. The number of carbonyl (C=O) groups excluding carboxylic acids is 2. The molecule has 2 unspecified atom stereocenters. The fourth-order valence-electron chi connectivity index (χ4n) is 3.34. The molecule has 2 aliphatic heterocycles.